The average Bonchev–Trinajstić information content (AvgIpc) is 2.35. The van der Waals surface area contributed by atoms with Crippen molar-refractivity contribution in [3.63, 3.8) is 0 Å². The lowest BCUT2D eigenvalue weighted by molar-refractivity contribution is 0.504. The van der Waals surface area contributed by atoms with Gasteiger partial charge in [-0.2, -0.15) is 0 Å². The summed E-state index contributed by atoms with van der Waals surface area (Å²) in [7, 11) is 0. The maximum absolute atomic E-state index is 7.26. The third-order valence-electron chi connectivity index (χ3n) is 2.58. The second-order valence-electron chi connectivity index (χ2n) is 3.89. The molecule has 0 saturated heterocycles. The van der Waals surface area contributed by atoms with Gasteiger partial charge in [-0.25, -0.2) is 0 Å². The van der Waals surface area contributed by atoms with E-state index in [4.69, 9.17) is 10.8 Å². The first-order valence-electron chi connectivity index (χ1n) is 5.67. The molecule has 0 amide bonds. The van der Waals surface area contributed by atoms with E-state index in [1.54, 1.807) is 18.3 Å². The zero-order valence-corrected chi connectivity index (χ0v) is 11.0. The van der Waals surface area contributed by atoms with Gasteiger partial charge in [-0.05, 0) is 28.1 Å². The minimum absolute atomic E-state index is 0.304. The summed E-state index contributed by atoms with van der Waals surface area (Å²) in [5.41, 5.74) is 0.304. The molecule has 0 radical (unpaired) electrons. The number of nitrogens with zero attached hydrogens (tertiary/aromatic N) is 1. The highest BCUT2D eigenvalue weighted by atomic mass is 79.9. The zero-order chi connectivity index (χ0) is 11.8. The smallest absolute Gasteiger partial charge is 0.130 e. The number of hydrogen-bond acceptors (Lipinski definition) is 2. The second-order valence-corrected chi connectivity index (χ2v) is 4.81. The van der Waals surface area contributed by atoms with Crippen molar-refractivity contribution >= 4 is 22.3 Å². The molecule has 0 bridgehead atoms. The Labute approximate surface area is 105 Å². The number of halogens is 1. The molecule has 2 N–H and O–H groups in total. The SMILES string of the molecule is C1CCCCC1.N=Cn1cc(Br)ccc1=N. The predicted molar refractivity (Wildman–Crippen MR) is 69.9 cm³/mol. The molecule has 4 heteroatoms. The van der Waals surface area contributed by atoms with Crippen LogP contribution in [0, 0.1) is 10.8 Å². The highest BCUT2D eigenvalue weighted by Crippen LogP contribution is 2.15. The average molecular weight is 284 g/mol. The van der Waals surface area contributed by atoms with Gasteiger partial charge < -0.3 is 0 Å². The van der Waals surface area contributed by atoms with E-state index < -0.39 is 0 Å². The van der Waals surface area contributed by atoms with E-state index in [0.717, 1.165) is 10.8 Å². The maximum atomic E-state index is 7.26. The summed E-state index contributed by atoms with van der Waals surface area (Å²) in [6.07, 6.45) is 11.8. The van der Waals surface area contributed by atoms with E-state index in [-0.39, 0.29) is 0 Å². The molecule has 1 fully saturated rings. The van der Waals surface area contributed by atoms with E-state index >= 15 is 0 Å². The third kappa shape index (κ3) is 4.75. The van der Waals surface area contributed by atoms with Crippen molar-refractivity contribution in [1.82, 2.24) is 4.57 Å². The fourth-order valence-corrected chi connectivity index (χ4v) is 2.01. The first-order valence-corrected chi connectivity index (χ1v) is 6.46. The van der Waals surface area contributed by atoms with Crippen LogP contribution < -0.4 is 5.49 Å². The first-order chi connectivity index (χ1) is 7.74. The molecule has 0 unspecified atom stereocenters. The topological polar surface area (TPSA) is 52.6 Å². The summed E-state index contributed by atoms with van der Waals surface area (Å²) in [4.78, 5) is 0. The minimum Gasteiger partial charge on any atom is -0.292 e. The fourth-order valence-electron chi connectivity index (χ4n) is 1.66. The fraction of sp³-hybridized carbons (Fsp3) is 0.500. The summed E-state index contributed by atoms with van der Waals surface area (Å²) in [5, 5.41) is 14.1. The number of rotatable bonds is 1. The summed E-state index contributed by atoms with van der Waals surface area (Å²) in [6.45, 7) is 0. The number of aromatic nitrogens is 1. The van der Waals surface area contributed by atoms with Gasteiger partial charge in [-0.15, -0.1) is 0 Å². The number of pyridine rings is 1. The van der Waals surface area contributed by atoms with E-state index in [2.05, 4.69) is 15.9 Å². The van der Waals surface area contributed by atoms with Crippen molar-refractivity contribution in [3.05, 3.63) is 28.3 Å². The van der Waals surface area contributed by atoms with Crippen molar-refractivity contribution in [1.29, 1.82) is 10.8 Å². The molecular weight excluding hydrogens is 266 g/mol. The lowest BCUT2D eigenvalue weighted by Crippen LogP contribution is -2.16. The van der Waals surface area contributed by atoms with Gasteiger partial charge >= 0.3 is 0 Å². The van der Waals surface area contributed by atoms with E-state index in [1.807, 2.05) is 0 Å². The molecule has 0 aliphatic heterocycles. The normalized spacial score (nSPS) is 14.8. The van der Waals surface area contributed by atoms with Gasteiger partial charge in [0.25, 0.3) is 0 Å². The standard InChI is InChI=1S/C6H6BrN3.C6H12/c7-5-1-2-6(9)10(3-5)4-8;1-2-4-6-5-3-1/h1-4,8-9H;1-6H2. The Morgan fingerprint density at radius 1 is 1.06 bits per heavy atom. The molecule has 1 aliphatic rings. The highest BCUT2D eigenvalue weighted by Gasteiger charge is 1.95. The van der Waals surface area contributed by atoms with Crippen LogP contribution in [-0.2, 0) is 0 Å². The van der Waals surface area contributed by atoms with Crippen LogP contribution in [0.1, 0.15) is 38.5 Å². The van der Waals surface area contributed by atoms with Crippen molar-refractivity contribution in [3.8, 4) is 0 Å². The lowest BCUT2D eigenvalue weighted by Gasteiger charge is -2.05. The van der Waals surface area contributed by atoms with E-state index in [0.29, 0.717) is 5.49 Å². The molecular formula is C12H18BrN3. The van der Waals surface area contributed by atoms with Gasteiger partial charge in [0.2, 0.25) is 0 Å². The summed E-state index contributed by atoms with van der Waals surface area (Å²) < 4.78 is 2.27. The Morgan fingerprint density at radius 3 is 1.94 bits per heavy atom. The van der Waals surface area contributed by atoms with Crippen LogP contribution in [0.3, 0.4) is 0 Å². The quantitative estimate of drug-likeness (QED) is 0.585. The molecule has 0 aromatic carbocycles. The van der Waals surface area contributed by atoms with Crippen LogP contribution in [0.25, 0.3) is 0 Å². The highest BCUT2D eigenvalue weighted by molar-refractivity contribution is 9.10. The molecule has 3 nitrogen and oxygen atoms in total. The maximum Gasteiger partial charge on any atom is 0.130 e. The number of nitrogens with one attached hydrogen (secondary N) is 2. The Balaban J connectivity index is 0.000000181. The molecule has 1 aliphatic carbocycles. The Hall–Kier alpha value is -0.900. The van der Waals surface area contributed by atoms with Crippen LogP contribution in [0.15, 0.2) is 22.8 Å². The molecule has 0 atom stereocenters. The molecule has 16 heavy (non-hydrogen) atoms. The molecule has 0 spiro atoms. The Bertz CT molecular complexity index is 369. The third-order valence-corrected chi connectivity index (χ3v) is 3.05. The van der Waals surface area contributed by atoms with Crippen molar-refractivity contribution in [2.24, 2.45) is 0 Å². The summed E-state index contributed by atoms with van der Waals surface area (Å²) >= 11 is 3.23. The van der Waals surface area contributed by atoms with Crippen LogP contribution in [-0.4, -0.2) is 10.9 Å². The van der Waals surface area contributed by atoms with Crippen LogP contribution in [0.4, 0.5) is 0 Å². The van der Waals surface area contributed by atoms with Crippen molar-refractivity contribution < 1.29 is 0 Å². The van der Waals surface area contributed by atoms with Gasteiger partial charge in [0, 0.05) is 10.7 Å². The van der Waals surface area contributed by atoms with E-state index in [9.17, 15) is 0 Å². The largest absolute Gasteiger partial charge is 0.292 e. The molecule has 1 heterocycles. The van der Waals surface area contributed by atoms with Crippen LogP contribution in [0.2, 0.25) is 0 Å². The molecule has 1 aromatic rings. The molecule has 1 saturated carbocycles. The Kier molecular flexibility index (Phi) is 6.08. The van der Waals surface area contributed by atoms with Gasteiger partial charge in [0.15, 0.2) is 0 Å². The first kappa shape index (κ1) is 13.2. The Morgan fingerprint density at radius 2 is 1.56 bits per heavy atom. The monoisotopic (exact) mass is 283 g/mol. The molecule has 88 valence electrons. The zero-order valence-electron chi connectivity index (χ0n) is 9.38. The van der Waals surface area contributed by atoms with Gasteiger partial charge in [-0.1, -0.05) is 38.5 Å². The van der Waals surface area contributed by atoms with Gasteiger partial charge in [-0.3, -0.25) is 15.4 Å². The number of hydrogen-bond donors (Lipinski definition) is 2. The minimum atomic E-state index is 0.304. The summed E-state index contributed by atoms with van der Waals surface area (Å²) in [6, 6.07) is 3.39. The van der Waals surface area contributed by atoms with Crippen LogP contribution >= 0.6 is 15.9 Å². The lowest BCUT2D eigenvalue weighted by atomic mass is 10.0. The predicted octanol–water partition coefficient (Wildman–Crippen LogP) is 3.53. The van der Waals surface area contributed by atoms with Gasteiger partial charge in [0.05, 0.1) is 6.34 Å². The van der Waals surface area contributed by atoms with Crippen molar-refractivity contribution in [2.45, 2.75) is 38.5 Å². The second kappa shape index (κ2) is 7.39. The molecule has 1 aromatic heterocycles. The van der Waals surface area contributed by atoms with Crippen LogP contribution in [0.5, 0.6) is 0 Å². The van der Waals surface area contributed by atoms with Gasteiger partial charge in [0.1, 0.15) is 5.49 Å². The van der Waals surface area contributed by atoms with E-state index in [1.165, 1.54) is 43.1 Å². The molecule has 2 rings (SSSR count). The van der Waals surface area contributed by atoms with Crippen molar-refractivity contribution in [2.75, 3.05) is 0 Å². The summed E-state index contributed by atoms with van der Waals surface area (Å²) in [5.74, 6) is 0.